The first-order valence-electron chi connectivity index (χ1n) is 5.08. The van der Waals surface area contributed by atoms with Gasteiger partial charge in [0.15, 0.2) is 0 Å². The Labute approximate surface area is 115 Å². The van der Waals surface area contributed by atoms with Crippen LogP contribution in [0.3, 0.4) is 0 Å². The highest BCUT2D eigenvalue weighted by atomic mass is 79.9. The Kier molecular flexibility index (Phi) is 5.32. The van der Waals surface area contributed by atoms with Crippen molar-refractivity contribution < 1.29 is 19.5 Å². The van der Waals surface area contributed by atoms with Crippen molar-refractivity contribution >= 4 is 49.6 Å². The molecule has 0 spiro atoms. The summed E-state index contributed by atoms with van der Waals surface area (Å²) < 4.78 is 0.487. The molecule has 1 rings (SSSR count). The van der Waals surface area contributed by atoms with Crippen LogP contribution in [-0.2, 0) is 14.4 Å². The molecule has 0 unspecified atom stereocenters. The van der Waals surface area contributed by atoms with E-state index in [9.17, 15) is 14.4 Å². The SMILES string of the molecule is O=C(O)CCCCCN1C(=O)C(Br)=C(Br)C1=O. The van der Waals surface area contributed by atoms with Crippen molar-refractivity contribution in [3.63, 3.8) is 0 Å². The van der Waals surface area contributed by atoms with Crippen molar-refractivity contribution in [1.82, 2.24) is 4.90 Å². The Morgan fingerprint density at radius 3 is 2.06 bits per heavy atom. The lowest BCUT2D eigenvalue weighted by molar-refractivity contribution is -0.138. The van der Waals surface area contributed by atoms with Crippen LogP contribution in [0.1, 0.15) is 25.7 Å². The fraction of sp³-hybridized carbons (Fsp3) is 0.500. The third-order valence-corrected chi connectivity index (χ3v) is 4.33. The van der Waals surface area contributed by atoms with E-state index in [0.717, 1.165) is 4.90 Å². The molecule has 0 fully saturated rings. The highest BCUT2D eigenvalue weighted by molar-refractivity contribution is 9.14. The molecule has 0 aromatic heterocycles. The maximum absolute atomic E-state index is 11.6. The lowest BCUT2D eigenvalue weighted by atomic mass is 10.2. The molecule has 5 nitrogen and oxygen atoms in total. The fourth-order valence-corrected chi connectivity index (χ4v) is 2.21. The van der Waals surface area contributed by atoms with Crippen molar-refractivity contribution in [2.75, 3.05) is 6.54 Å². The number of unbranched alkanes of at least 4 members (excludes halogenated alkanes) is 2. The first-order valence-corrected chi connectivity index (χ1v) is 6.67. The van der Waals surface area contributed by atoms with Crippen LogP contribution in [0.25, 0.3) is 0 Å². The summed E-state index contributed by atoms with van der Waals surface area (Å²) in [5, 5.41) is 8.44. The first-order chi connectivity index (χ1) is 7.95. The average molecular weight is 369 g/mol. The predicted molar refractivity (Wildman–Crippen MR) is 67.7 cm³/mol. The van der Waals surface area contributed by atoms with Crippen LogP contribution >= 0.6 is 31.9 Å². The largest absolute Gasteiger partial charge is 0.481 e. The number of carbonyl (C=O) groups is 3. The molecule has 1 aliphatic rings. The summed E-state index contributed by atoms with van der Waals surface area (Å²) in [6.07, 6.45) is 1.97. The van der Waals surface area contributed by atoms with Gasteiger partial charge in [0, 0.05) is 13.0 Å². The minimum absolute atomic E-state index is 0.119. The van der Waals surface area contributed by atoms with Crippen LogP contribution in [0.5, 0.6) is 0 Å². The van der Waals surface area contributed by atoms with E-state index in [1.807, 2.05) is 0 Å². The summed E-state index contributed by atoms with van der Waals surface area (Å²) in [7, 11) is 0. The van der Waals surface area contributed by atoms with Gasteiger partial charge in [0.05, 0.1) is 0 Å². The van der Waals surface area contributed by atoms with Gasteiger partial charge in [-0.15, -0.1) is 0 Å². The zero-order valence-corrected chi connectivity index (χ0v) is 12.1. The highest BCUT2D eigenvalue weighted by Gasteiger charge is 2.35. The molecule has 17 heavy (non-hydrogen) atoms. The molecule has 1 aliphatic heterocycles. The fourth-order valence-electron chi connectivity index (χ4n) is 1.44. The summed E-state index contributed by atoms with van der Waals surface area (Å²) in [5.74, 6) is -1.52. The van der Waals surface area contributed by atoms with Crippen molar-refractivity contribution in [2.45, 2.75) is 25.7 Å². The number of aliphatic carboxylic acids is 1. The number of amides is 2. The molecule has 7 heteroatoms. The lowest BCUT2D eigenvalue weighted by Gasteiger charge is -2.13. The molecule has 0 radical (unpaired) electrons. The molecule has 0 aliphatic carbocycles. The topological polar surface area (TPSA) is 74.7 Å². The number of hydrogen-bond donors (Lipinski definition) is 1. The Bertz CT molecular complexity index is 368. The maximum atomic E-state index is 11.6. The van der Waals surface area contributed by atoms with Crippen LogP contribution in [0, 0.1) is 0 Å². The van der Waals surface area contributed by atoms with Crippen molar-refractivity contribution in [3.8, 4) is 0 Å². The molecule has 1 heterocycles. The molecule has 0 saturated heterocycles. The normalized spacial score (nSPS) is 16.0. The van der Waals surface area contributed by atoms with E-state index in [-0.39, 0.29) is 27.2 Å². The molecule has 0 bridgehead atoms. The quantitative estimate of drug-likeness (QED) is 0.574. The van der Waals surface area contributed by atoms with Crippen LogP contribution in [-0.4, -0.2) is 34.3 Å². The summed E-state index contributed by atoms with van der Waals surface area (Å²) in [4.78, 5) is 34.6. The van der Waals surface area contributed by atoms with Gasteiger partial charge in [-0.05, 0) is 44.7 Å². The predicted octanol–water partition coefficient (Wildman–Crippen LogP) is 2.00. The summed E-state index contributed by atoms with van der Waals surface area (Å²) in [6.45, 7) is 0.321. The molecule has 1 N–H and O–H groups in total. The zero-order chi connectivity index (χ0) is 13.0. The molecule has 0 atom stereocenters. The minimum Gasteiger partial charge on any atom is -0.481 e. The van der Waals surface area contributed by atoms with Gasteiger partial charge >= 0.3 is 5.97 Å². The average Bonchev–Trinajstić information content (AvgIpc) is 2.45. The first kappa shape index (κ1) is 14.4. The van der Waals surface area contributed by atoms with Gasteiger partial charge in [0.25, 0.3) is 11.8 Å². The standard InChI is InChI=1S/C10H11Br2NO4/c11-7-8(12)10(17)13(9(7)16)5-3-1-2-4-6(14)15/h1-5H2,(H,14,15). The van der Waals surface area contributed by atoms with Crippen LogP contribution in [0.4, 0.5) is 0 Å². The molecular weight excluding hydrogens is 358 g/mol. The van der Waals surface area contributed by atoms with Crippen molar-refractivity contribution in [1.29, 1.82) is 0 Å². The number of rotatable bonds is 6. The molecule has 0 saturated carbocycles. The van der Waals surface area contributed by atoms with Crippen LogP contribution < -0.4 is 0 Å². The summed E-state index contributed by atoms with van der Waals surface area (Å²) >= 11 is 6.07. The van der Waals surface area contributed by atoms with Gasteiger partial charge in [-0.25, -0.2) is 0 Å². The summed E-state index contributed by atoms with van der Waals surface area (Å²) in [6, 6.07) is 0. The highest BCUT2D eigenvalue weighted by Crippen LogP contribution is 2.29. The number of hydrogen-bond acceptors (Lipinski definition) is 3. The van der Waals surface area contributed by atoms with Crippen LogP contribution in [0.2, 0.25) is 0 Å². The van der Waals surface area contributed by atoms with Gasteiger partial charge in [-0.2, -0.15) is 0 Å². The maximum Gasteiger partial charge on any atom is 0.303 e. The van der Waals surface area contributed by atoms with Gasteiger partial charge in [-0.1, -0.05) is 6.42 Å². The number of carboxylic acid groups (broad SMARTS) is 1. The number of carboxylic acids is 1. The van der Waals surface area contributed by atoms with Gasteiger partial charge in [0.1, 0.15) is 8.96 Å². The Morgan fingerprint density at radius 1 is 1.06 bits per heavy atom. The van der Waals surface area contributed by atoms with E-state index in [1.165, 1.54) is 0 Å². The minimum atomic E-state index is -0.828. The Balaban J connectivity index is 2.33. The third-order valence-electron chi connectivity index (χ3n) is 2.33. The lowest BCUT2D eigenvalue weighted by Crippen LogP contribution is -2.32. The Morgan fingerprint density at radius 2 is 1.59 bits per heavy atom. The van der Waals surface area contributed by atoms with E-state index in [2.05, 4.69) is 31.9 Å². The monoisotopic (exact) mass is 367 g/mol. The third kappa shape index (κ3) is 3.64. The second kappa shape index (κ2) is 6.30. The molecule has 94 valence electrons. The van der Waals surface area contributed by atoms with Gasteiger partial charge in [-0.3, -0.25) is 19.3 Å². The van der Waals surface area contributed by atoms with E-state index >= 15 is 0 Å². The van der Waals surface area contributed by atoms with E-state index in [1.54, 1.807) is 0 Å². The van der Waals surface area contributed by atoms with Crippen molar-refractivity contribution in [3.05, 3.63) is 8.96 Å². The Hall–Kier alpha value is -0.690. The number of carbonyl (C=O) groups excluding carboxylic acids is 2. The van der Waals surface area contributed by atoms with Crippen LogP contribution in [0.15, 0.2) is 8.96 Å². The second-order valence-corrected chi connectivity index (χ2v) is 5.18. The molecule has 0 aromatic carbocycles. The van der Waals surface area contributed by atoms with Gasteiger partial charge < -0.3 is 5.11 Å². The molecule has 2 amide bonds. The number of nitrogens with zero attached hydrogens (tertiary/aromatic N) is 1. The number of halogens is 2. The number of imide groups is 1. The van der Waals surface area contributed by atoms with Crippen molar-refractivity contribution in [2.24, 2.45) is 0 Å². The summed E-state index contributed by atoms with van der Waals surface area (Å²) in [5.41, 5.74) is 0. The second-order valence-electron chi connectivity index (χ2n) is 3.59. The van der Waals surface area contributed by atoms with E-state index in [4.69, 9.17) is 5.11 Å². The molecular formula is C10H11Br2NO4. The zero-order valence-electron chi connectivity index (χ0n) is 8.91. The smallest absolute Gasteiger partial charge is 0.303 e. The van der Waals surface area contributed by atoms with E-state index in [0.29, 0.717) is 25.8 Å². The molecule has 0 aromatic rings. The van der Waals surface area contributed by atoms with Gasteiger partial charge in [0.2, 0.25) is 0 Å². The van der Waals surface area contributed by atoms with E-state index < -0.39 is 5.97 Å².